The number of aromatic nitrogens is 3. The maximum Gasteiger partial charge on any atom is 0.278 e. The van der Waals surface area contributed by atoms with Gasteiger partial charge in [0, 0.05) is 35.2 Å². The Morgan fingerprint density at radius 1 is 1.18 bits per heavy atom. The van der Waals surface area contributed by atoms with E-state index in [1.807, 2.05) is 12.1 Å². The van der Waals surface area contributed by atoms with E-state index in [-0.39, 0.29) is 12.2 Å². The lowest BCUT2D eigenvalue weighted by Gasteiger charge is -2.26. The third-order valence-corrected chi connectivity index (χ3v) is 5.91. The van der Waals surface area contributed by atoms with Crippen molar-refractivity contribution in [2.75, 3.05) is 13.7 Å². The molecule has 2 aromatic heterocycles. The summed E-state index contributed by atoms with van der Waals surface area (Å²) in [7, 11) is 1.47. The van der Waals surface area contributed by atoms with Crippen molar-refractivity contribution < 1.29 is 19.2 Å². The first-order valence-corrected chi connectivity index (χ1v) is 10.8. The van der Waals surface area contributed by atoms with E-state index < -0.39 is 17.2 Å². The summed E-state index contributed by atoms with van der Waals surface area (Å²) in [6.45, 7) is 0.567. The standard InChI is InChI=1S/C24H19ClN4O5/c1-33-20-5-3-2-4-18(20)29-21(31)12-19(30)22(26-29)24(32)28-11-10-17-16(13-28)23(34-27-17)14-6-8-15(25)9-7-14/h2-9,12,30H,10-11,13H2,1H3. The fourth-order valence-electron chi connectivity index (χ4n) is 3.94. The summed E-state index contributed by atoms with van der Waals surface area (Å²) >= 11 is 5.99. The Morgan fingerprint density at radius 3 is 2.71 bits per heavy atom. The first-order chi connectivity index (χ1) is 16.5. The van der Waals surface area contributed by atoms with E-state index in [0.29, 0.717) is 35.2 Å². The van der Waals surface area contributed by atoms with Gasteiger partial charge in [-0.05, 0) is 36.4 Å². The molecule has 172 valence electrons. The molecule has 0 aliphatic carbocycles. The minimum atomic E-state index is -0.594. The number of hydrogen-bond donors (Lipinski definition) is 1. The quantitative estimate of drug-likeness (QED) is 0.478. The summed E-state index contributed by atoms with van der Waals surface area (Å²) in [5, 5.41) is 19.3. The third-order valence-electron chi connectivity index (χ3n) is 5.66. The molecule has 3 heterocycles. The number of benzene rings is 2. The highest BCUT2D eigenvalue weighted by molar-refractivity contribution is 6.30. The Hall–Kier alpha value is -4.11. The van der Waals surface area contributed by atoms with Gasteiger partial charge < -0.3 is 19.3 Å². The summed E-state index contributed by atoms with van der Waals surface area (Å²) < 4.78 is 11.9. The molecule has 10 heteroatoms. The average molecular weight is 479 g/mol. The molecule has 0 saturated heterocycles. The van der Waals surface area contributed by atoms with Crippen LogP contribution in [0.25, 0.3) is 17.0 Å². The van der Waals surface area contributed by atoms with Gasteiger partial charge in [-0.1, -0.05) is 28.9 Å². The van der Waals surface area contributed by atoms with Crippen LogP contribution in [0.1, 0.15) is 21.7 Å². The van der Waals surface area contributed by atoms with Crippen LogP contribution in [-0.4, -0.2) is 44.5 Å². The first kappa shape index (κ1) is 21.7. The van der Waals surface area contributed by atoms with Gasteiger partial charge in [0.25, 0.3) is 11.5 Å². The van der Waals surface area contributed by atoms with Crippen molar-refractivity contribution in [3.05, 3.63) is 86.9 Å². The highest BCUT2D eigenvalue weighted by atomic mass is 35.5. The molecule has 0 saturated carbocycles. The number of amides is 1. The van der Waals surface area contributed by atoms with Gasteiger partial charge >= 0.3 is 0 Å². The van der Waals surface area contributed by atoms with Crippen molar-refractivity contribution in [3.63, 3.8) is 0 Å². The molecule has 1 aliphatic heterocycles. The van der Waals surface area contributed by atoms with Gasteiger partial charge in [-0.3, -0.25) is 9.59 Å². The topological polar surface area (TPSA) is 111 Å². The minimum absolute atomic E-state index is 0.213. The fourth-order valence-corrected chi connectivity index (χ4v) is 4.07. The number of methoxy groups -OCH3 is 1. The molecular formula is C24H19ClN4O5. The number of ether oxygens (including phenoxy) is 1. The van der Waals surface area contributed by atoms with Crippen LogP contribution in [0, 0.1) is 0 Å². The third kappa shape index (κ3) is 3.80. The maximum absolute atomic E-state index is 13.4. The Bertz CT molecular complexity index is 1440. The van der Waals surface area contributed by atoms with Gasteiger partial charge in [0.2, 0.25) is 0 Å². The van der Waals surface area contributed by atoms with Crippen LogP contribution in [0.2, 0.25) is 5.02 Å². The van der Waals surface area contributed by atoms with Gasteiger partial charge in [0.15, 0.2) is 17.2 Å². The van der Waals surface area contributed by atoms with Crippen molar-refractivity contribution in [2.24, 2.45) is 0 Å². The molecule has 5 rings (SSSR count). The van der Waals surface area contributed by atoms with Crippen molar-refractivity contribution in [2.45, 2.75) is 13.0 Å². The maximum atomic E-state index is 13.4. The summed E-state index contributed by atoms with van der Waals surface area (Å²) in [6.07, 6.45) is 0.477. The van der Waals surface area contributed by atoms with Crippen molar-refractivity contribution in [1.29, 1.82) is 0 Å². The largest absolute Gasteiger partial charge is 0.505 e. The molecule has 0 radical (unpaired) electrons. The number of nitrogens with zero attached hydrogens (tertiary/aromatic N) is 4. The van der Waals surface area contributed by atoms with E-state index in [0.717, 1.165) is 27.6 Å². The van der Waals surface area contributed by atoms with Crippen LogP contribution in [0.5, 0.6) is 11.5 Å². The smallest absolute Gasteiger partial charge is 0.278 e. The second kappa shape index (κ2) is 8.68. The van der Waals surface area contributed by atoms with Gasteiger partial charge in [0.1, 0.15) is 11.4 Å². The van der Waals surface area contributed by atoms with Crippen LogP contribution in [0.4, 0.5) is 0 Å². The van der Waals surface area contributed by atoms with Crippen LogP contribution >= 0.6 is 11.6 Å². The molecule has 0 unspecified atom stereocenters. The lowest BCUT2D eigenvalue weighted by molar-refractivity contribution is 0.0723. The zero-order valence-corrected chi connectivity index (χ0v) is 18.8. The Morgan fingerprint density at radius 2 is 1.94 bits per heavy atom. The SMILES string of the molecule is COc1ccccc1-n1nc(C(=O)N2CCc3noc(-c4ccc(Cl)cc4)c3C2)c(O)cc1=O. The van der Waals surface area contributed by atoms with Gasteiger partial charge in [-0.2, -0.15) is 9.78 Å². The zero-order chi connectivity index (χ0) is 23.8. The van der Waals surface area contributed by atoms with Crippen LogP contribution in [-0.2, 0) is 13.0 Å². The minimum Gasteiger partial charge on any atom is -0.505 e. The first-order valence-electron chi connectivity index (χ1n) is 10.5. The molecule has 0 spiro atoms. The van der Waals surface area contributed by atoms with E-state index in [9.17, 15) is 14.7 Å². The van der Waals surface area contributed by atoms with Gasteiger partial charge in [0.05, 0.1) is 19.3 Å². The molecular weight excluding hydrogens is 460 g/mol. The van der Waals surface area contributed by atoms with E-state index in [1.165, 1.54) is 12.0 Å². The monoisotopic (exact) mass is 478 g/mol. The summed E-state index contributed by atoms with van der Waals surface area (Å²) in [5.41, 5.74) is 1.86. The number of para-hydroxylation sites is 2. The summed E-state index contributed by atoms with van der Waals surface area (Å²) in [6, 6.07) is 14.9. The predicted molar refractivity (Wildman–Crippen MR) is 123 cm³/mol. The predicted octanol–water partition coefficient (Wildman–Crippen LogP) is 3.45. The highest BCUT2D eigenvalue weighted by Crippen LogP contribution is 2.32. The molecule has 34 heavy (non-hydrogen) atoms. The number of halogens is 1. The van der Waals surface area contributed by atoms with E-state index in [2.05, 4.69) is 10.3 Å². The fraction of sp³-hybridized carbons (Fsp3) is 0.167. The molecule has 0 fully saturated rings. The number of carbonyl (C=O) groups excluding carboxylic acids is 1. The van der Waals surface area contributed by atoms with Crippen molar-refractivity contribution >= 4 is 17.5 Å². The number of aromatic hydroxyl groups is 1. The molecule has 4 aromatic rings. The van der Waals surface area contributed by atoms with Crippen molar-refractivity contribution in [3.8, 4) is 28.5 Å². The summed E-state index contributed by atoms with van der Waals surface area (Å²) in [4.78, 5) is 27.5. The van der Waals surface area contributed by atoms with Crippen LogP contribution in [0.15, 0.2) is 63.9 Å². The molecule has 0 atom stereocenters. The van der Waals surface area contributed by atoms with Gasteiger partial charge in [-0.25, -0.2) is 0 Å². The Balaban J connectivity index is 1.49. The van der Waals surface area contributed by atoms with Gasteiger partial charge in [-0.15, -0.1) is 0 Å². The van der Waals surface area contributed by atoms with Crippen LogP contribution < -0.4 is 10.3 Å². The zero-order valence-electron chi connectivity index (χ0n) is 18.1. The molecule has 1 aliphatic rings. The number of carbonyl (C=O) groups is 1. The number of hydrogen-bond acceptors (Lipinski definition) is 7. The van der Waals surface area contributed by atoms with E-state index in [4.69, 9.17) is 20.9 Å². The number of fused-ring (bicyclic) bond motifs is 1. The normalized spacial score (nSPS) is 12.9. The van der Waals surface area contributed by atoms with Crippen molar-refractivity contribution in [1.82, 2.24) is 19.8 Å². The highest BCUT2D eigenvalue weighted by Gasteiger charge is 2.30. The number of rotatable bonds is 4. The summed E-state index contributed by atoms with van der Waals surface area (Å²) in [5.74, 6) is -0.0496. The van der Waals surface area contributed by atoms with Crippen LogP contribution in [0.3, 0.4) is 0 Å². The lowest BCUT2D eigenvalue weighted by atomic mass is 10.0. The molecule has 1 amide bonds. The molecule has 2 aromatic carbocycles. The second-order valence-corrected chi connectivity index (χ2v) is 8.16. The van der Waals surface area contributed by atoms with E-state index in [1.54, 1.807) is 36.4 Å². The second-order valence-electron chi connectivity index (χ2n) is 7.72. The molecule has 1 N–H and O–H groups in total. The molecule has 0 bridgehead atoms. The Kier molecular flexibility index (Phi) is 5.54. The Labute approximate surface area is 198 Å². The molecule has 9 nitrogen and oxygen atoms in total. The average Bonchev–Trinajstić information content (AvgIpc) is 3.27. The van der Waals surface area contributed by atoms with E-state index >= 15 is 0 Å². The lowest BCUT2D eigenvalue weighted by Crippen LogP contribution is -2.37.